The molecule has 0 aliphatic rings. The highest BCUT2D eigenvalue weighted by Gasteiger charge is 2.10. The summed E-state index contributed by atoms with van der Waals surface area (Å²) in [4.78, 5) is 11.5. The summed E-state index contributed by atoms with van der Waals surface area (Å²) in [5.41, 5.74) is 3.88. The Morgan fingerprint density at radius 1 is 0.944 bits per heavy atom. The summed E-state index contributed by atoms with van der Waals surface area (Å²) in [6.07, 6.45) is 7.16. The molecule has 4 aromatic heterocycles. The molecule has 0 aliphatic carbocycles. The topological polar surface area (TPSA) is 70.2 Å². The van der Waals surface area contributed by atoms with E-state index in [1.807, 2.05) is 18.3 Å². The lowest BCUT2D eigenvalue weighted by molar-refractivity contribution is 1.11. The Balaban J connectivity index is 2.01. The molecule has 0 amide bonds. The van der Waals surface area contributed by atoms with Crippen molar-refractivity contribution in [2.24, 2.45) is 0 Å². The van der Waals surface area contributed by atoms with Crippen molar-refractivity contribution >= 4 is 21.8 Å². The first-order chi connectivity index (χ1) is 8.92. The van der Waals surface area contributed by atoms with Crippen LogP contribution in [-0.2, 0) is 0 Å². The van der Waals surface area contributed by atoms with Gasteiger partial charge in [0.25, 0.3) is 0 Å². The molecule has 4 heterocycles. The third kappa shape index (κ3) is 1.24. The second kappa shape index (κ2) is 3.40. The Morgan fingerprint density at radius 3 is 2.78 bits per heavy atom. The van der Waals surface area contributed by atoms with Gasteiger partial charge in [0.15, 0.2) is 0 Å². The van der Waals surface area contributed by atoms with E-state index in [0.717, 1.165) is 33.2 Å². The van der Waals surface area contributed by atoms with E-state index in [4.69, 9.17) is 0 Å². The predicted molar refractivity (Wildman–Crippen MR) is 69.0 cm³/mol. The van der Waals surface area contributed by atoms with Gasteiger partial charge in [0.2, 0.25) is 0 Å². The average molecular weight is 235 g/mol. The van der Waals surface area contributed by atoms with E-state index < -0.39 is 0 Å². The molecule has 0 saturated carbocycles. The Morgan fingerprint density at radius 2 is 1.83 bits per heavy atom. The smallest absolute Gasteiger partial charge is 0.116 e. The zero-order valence-electron chi connectivity index (χ0n) is 9.38. The molecule has 4 rings (SSSR count). The Kier molecular flexibility index (Phi) is 1.77. The molecule has 0 bridgehead atoms. The SMILES string of the molecule is c1cc2[nH]c(-c3n[nH]c4cnccc34)cc2cn1. The third-order valence-electron chi connectivity index (χ3n) is 3.04. The number of aromatic nitrogens is 5. The van der Waals surface area contributed by atoms with Crippen LogP contribution in [-0.4, -0.2) is 25.1 Å². The summed E-state index contributed by atoms with van der Waals surface area (Å²) in [5.74, 6) is 0. The van der Waals surface area contributed by atoms with Crippen molar-refractivity contribution in [1.82, 2.24) is 25.1 Å². The molecule has 5 heteroatoms. The van der Waals surface area contributed by atoms with E-state index in [-0.39, 0.29) is 0 Å². The summed E-state index contributed by atoms with van der Waals surface area (Å²) in [5, 5.41) is 9.47. The fraction of sp³-hybridized carbons (Fsp3) is 0. The number of aromatic amines is 2. The summed E-state index contributed by atoms with van der Waals surface area (Å²) in [6, 6.07) is 5.96. The zero-order valence-corrected chi connectivity index (χ0v) is 9.38. The quantitative estimate of drug-likeness (QED) is 0.532. The third-order valence-corrected chi connectivity index (χ3v) is 3.04. The van der Waals surface area contributed by atoms with Crippen molar-refractivity contribution in [3.8, 4) is 11.4 Å². The number of H-pyrrole nitrogens is 2. The number of fused-ring (bicyclic) bond motifs is 2. The second-order valence-corrected chi connectivity index (χ2v) is 4.14. The number of pyridine rings is 2. The van der Waals surface area contributed by atoms with E-state index in [2.05, 4.69) is 31.2 Å². The van der Waals surface area contributed by atoms with Crippen LogP contribution in [0.4, 0.5) is 0 Å². The first-order valence-corrected chi connectivity index (χ1v) is 5.63. The van der Waals surface area contributed by atoms with E-state index in [0.29, 0.717) is 0 Å². The Hall–Kier alpha value is -2.69. The second-order valence-electron chi connectivity index (χ2n) is 4.14. The summed E-state index contributed by atoms with van der Waals surface area (Å²) >= 11 is 0. The highest BCUT2D eigenvalue weighted by molar-refractivity contribution is 5.94. The molecular weight excluding hydrogens is 226 g/mol. The van der Waals surface area contributed by atoms with Crippen molar-refractivity contribution < 1.29 is 0 Å². The van der Waals surface area contributed by atoms with Gasteiger partial charge >= 0.3 is 0 Å². The number of rotatable bonds is 1. The van der Waals surface area contributed by atoms with Gasteiger partial charge in [-0.05, 0) is 18.2 Å². The fourth-order valence-electron chi connectivity index (χ4n) is 2.17. The molecule has 0 atom stereocenters. The first-order valence-electron chi connectivity index (χ1n) is 5.63. The van der Waals surface area contributed by atoms with Crippen LogP contribution in [0.25, 0.3) is 33.2 Å². The van der Waals surface area contributed by atoms with Crippen molar-refractivity contribution in [3.63, 3.8) is 0 Å². The minimum atomic E-state index is 0.906. The highest BCUT2D eigenvalue weighted by Crippen LogP contribution is 2.27. The fourth-order valence-corrected chi connectivity index (χ4v) is 2.17. The highest BCUT2D eigenvalue weighted by atomic mass is 15.1. The van der Waals surface area contributed by atoms with Crippen molar-refractivity contribution in [2.75, 3.05) is 0 Å². The molecule has 0 fully saturated rings. The van der Waals surface area contributed by atoms with Crippen LogP contribution in [0.3, 0.4) is 0 Å². The van der Waals surface area contributed by atoms with Crippen LogP contribution < -0.4 is 0 Å². The molecule has 0 saturated heterocycles. The predicted octanol–water partition coefficient (Wildman–Crippen LogP) is 2.50. The van der Waals surface area contributed by atoms with Gasteiger partial charge in [0.1, 0.15) is 5.69 Å². The van der Waals surface area contributed by atoms with E-state index >= 15 is 0 Å². The largest absolute Gasteiger partial charge is 0.353 e. The average Bonchev–Trinajstić information content (AvgIpc) is 3.02. The molecule has 86 valence electrons. The Labute approximate surface area is 102 Å². The molecule has 0 spiro atoms. The summed E-state index contributed by atoms with van der Waals surface area (Å²) in [7, 11) is 0. The maximum atomic E-state index is 4.34. The monoisotopic (exact) mass is 235 g/mol. The minimum Gasteiger partial charge on any atom is -0.353 e. The maximum Gasteiger partial charge on any atom is 0.116 e. The van der Waals surface area contributed by atoms with Gasteiger partial charge in [0, 0.05) is 34.9 Å². The number of nitrogens with zero attached hydrogens (tertiary/aromatic N) is 3. The van der Waals surface area contributed by atoms with Gasteiger partial charge in [-0.2, -0.15) is 5.10 Å². The molecule has 18 heavy (non-hydrogen) atoms. The molecule has 2 N–H and O–H groups in total. The van der Waals surface area contributed by atoms with Gasteiger partial charge in [-0.1, -0.05) is 0 Å². The molecule has 4 aromatic rings. The molecule has 0 radical (unpaired) electrons. The lowest BCUT2D eigenvalue weighted by Crippen LogP contribution is -1.78. The minimum absolute atomic E-state index is 0.906. The number of hydrogen-bond acceptors (Lipinski definition) is 3. The molecule has 0 aliphatic heterocycles. The normalized spacial score (nSPS) is 11.3. The van der Waals surface area contributed by atoms with E-state index in [1.54, 1.807) is 18.6 Å². The van der Waals surface area contributed by atoms with Gasteiger partial charge in [0.05, 0.1) is 17.4 Å². The van der Waals surface area contributed by atoms with Gasteiger partial charge in [-0.3, -0.25) is 15.1 Å². The molecule has 0 unspecified atom stereocenters. The van der Waals surface area contributed by atoms with Crippen LogP contribution in [0.1, 0.15) is 0 Å². The van der Waals surface area contributed by atoms with Gasteiger partial charge in [-0.15, -0.1) is 0 Å². The summed E-state index contributed by atoms with van der Waals surface area (Å²) < 4.78 is 0. The lowest BCUT2D eigenvalue weighted by atomic mass is 10.2. The lowest BCUT2D eigenvalue weighted by Gasteiger charge is -1.92. The maximum absolute atomic E-state index is 4.34. The first kappa shape index (κ1) is 9.35. The van der Waals surface area contributed by atoms with Crippen LogP contribution in [0, 0.1) is 0 Å². The van der Waals surface area contributed by atoms with Crippen molar-refractivity contribution in [3.05, 3.63) is 43.0 Å². The van der Waals surface area contributed by atoms with Crippen molar-refractivity contribution in [2.45, 2.75) is 0 Å². The number of nitrogens with one attached hydrogen (secondary N) is 2. The van der Waals surface area contributed by atoms with Gasteiger partial charge < -0.3 is 4.98 Å². The summed E-state index contributed by atoms with van der Waals surface area (Å²) in [6.45, 7) is 0. The number of hydrogen-bond donors (Lipinski definition) is 2. The van der Waals surface area contributed by atoms with Gasteiger partial charge in [-0.25, -0.2) is 0 Å². The standard InChI is InChI=1S/C13H9N5/c1-3-15-7-12-9(1)13(18-17-12)11-5-8-6-14-4-2-10(8)16-11/h1-7,16H,(H,17,18). The molecule has 0 aromatic carbocycles. The van der Waals surface area contributed by atoms with E-state index in [1.165, 1.54) is 0 Å². The van der Waals surface area contributed by atoms with Crippen LogP contribution in [0.5, 0.6) is 0 Å². The van der Waals surface area contributed by atoms with Crippen LogP contribution >= 0.6 is 0 Å². The Bertz CT molecular complexity index is 809. The molecule has 5 nitrogen and oxygen atoms in total. The molecular formula is C13H9N5. The van der Waals surface area contributed by atoms with E-state index in [9.17, 15) is 0 Å². The van der Waals surface area contributed by atoms with Crippen molar-refractivity contribution in [1.29, 1.82) is 0 Å². The zero-order chi connectivity index (χ0) is 11.9. The van der Waals surface area contributed by atoms with Crippen LogP contribution in [0.15, 0.2) is 43.0 Å². The van der Waals surface area contributed by atoms with Crippen LogP contribution in [0.2, 0.25) is 0 Å².